The fourth-order valence-electron chi connectivity index (χ4n) is 2.70. The minimum atomic E-state index is -0.103. The number of rotatable bonds is 7. The molecule has 0 aliphatic carbocycles. The van der Waals surface area contributed by atoms with E-state index in [1.807, 2.05) is 52.0 Å². The van der Waals surface area contributed by atoms with Crippen LogP contribution in [-0.2, 0) is 45.7 Å². The predicted octanol–water partition coefficient (Wildman–Crippen LogP) is 5.48. The summed E-state index contributed by atoms with van der Waals surface area (Å²) >= 11 is 0. The fourth-order valence-corrected chi connectivity index (χ4v) is 2.70. The molecule has 0 unspecified atom stereocenters. The van der Waals surface area contributed by atoms with E-state index < -0.39 is 0 Å². The third-order valence-corrected chi connectivity index (χ3v) is 3.81. The molecule has 28 heavy (non-hydrogen) atoms. The standard InChI is InChI=1S/C20H26N2O2.C2H6.CH3.Y/c1-6-12-24-19-17(7-2)21-22(13-14(3)4)20(23)18(19)16-11-9-8-10-15(16)5;1-2;;/h6,8-11,14H,1,7,12-13H2,2-5H3;1-2H3;1H3;/q;;-1;. The van der Waals surface area contributed by atoms with Gasteiger partial charge in [-0.3, -0.25) is 4.79 Å². The van der Waals surface area contributed by atoms with Gasteiger partial charge in [-0.05, 0) is 30.4 Å². The molecule has 1 aromatic heterocycles. The van der Waals surface area contributed by atoms with Crippen LogP contribution in [0.3, 0.4) is 0 Å². The van der Waals surface area contributed by atoms with Gasteiger partial charge in [0.2, 0.25) is 0 Å². The van der Waals surface area contributed by atoms with Gasteiger partial charge in [0.05, 0.1) is 5.56 Å². The number of aryl methyl sites for hydroxylation is 2. The first-order valence-corrected chi connectivity index (χ1v) is 9.43. The predicted molar refractivity (Wildman–Crippen MR) is 116 cm³/mol. The maximum Gasteiger partial charge on any atom is 0.278 e. The van der Waals surface area contributed by atoms with Gasteiger partial charge >= 0.3 is 0 Å². The summed E-state index contributed by atoms with van der Waals surface area (Å²) in [5.74, 6) is 0.918. The second kappa shape index (κ2) is 14.7. The first-order valence-electron chi connectivity index (χ1n) is 9.43. The number of benzene rings is 1. The summed E-state index contributed by atoms with van der Waals surface area (Å²) in [6.45, 7) is 16.8. The first kappa shape index (κ1) is 28.9. The molecule has 1 aromatic carbocycles. The van der Waals surface area contributed by atoms with E-state index in [4.69, 9.17) is 4.74 Å². The molecule has 2 rings (SSSR count). The van der Waals surface area contributed by atoms with Gasteiger partial charge in [-0.25, -0.2) is 4.68 Å². The zero-order chi connectivity index (χ0) is 19.7. The minimum Gasteiger partial charge on any atom is -0.487 e. The van der Waals surface area contributed by atoms with Crippen LogP contribution in [0.1, 0.15) is 45.9 Å². The Hall–Kier alpha value is -1.26. The average molecular weight is 460 g/mol. The van der Waals surface area contributed by atoms with E-state index in [2.05, 4.69) is 25.5 Å². The Morgan fingerprint density at radius 3 is 2.36 bits per heavy atom. The molecule has 2 aromatic rings. The molecule has 0 spiro atoms. The Morgan fingerprint density at radius 1 is 1.25 bits per heavy atom. The summed E-state index contributed by atoms with van der Waals surface area (Å²) in [6, 6.07) is 7.88. The summed E-state index contributed by atoms with van der Waals surface area (Å²) in [5, 5.41) is 4.54. The van der Waals surface area contributed by atoms with Gasteiger partial charge in [0.15, 0.2) is 5.75 Å². The van der Waals surface area contributed by atoms with Crippen LogP contribution >= 0.6 is 0 Å². The van der Waals surface area contributed by atoms with Gasteiger partial charge in [0.1, 0.15) is 12.3 Å². The molecule has 4 nitrogen and oxygen atoms in total. The van der Waals surface area contributed by atoms with Crippen molar-refractivity contribution in [3.63, 3.8) is 0 Å². The molecule has 0 aliphatic rings. The maximum atomic E-state index is 13.1. The Balaban J connectivity index is 0. The van der Waals surface area contributed by atoms with E-state index in [0.29, 0.717) is 36.8 Å². The first-order chi connectivity index (χ1) is 12.5. The van der Waals surface area contributed by atoms with Crippen LogP contribution in [0, 0.1) is 20.3 Å². The average Bonchev–Trinajstić information content (AvgIpc) is 2.64. The molecule has 0 amide bonds. The Morgan fingerprint density at radius 2 is 1.86 bits per heavy atom. The monoisotopic (exact) mass is 460 g/mol. The Kier molecular flexibility index (Phi) is 15.2. The van der Waals surface area contributed by atoms with Gasteiger partial charge < -0.3 is 12.2 Å². The molecular weight excluding hydrogens is 425 g/mol. The van der Waals surface area contributed by atoms with Crippen molar-refractivity contribution in [2.45, 2.75) is 54.5 Å². The van der Waals surface area contributed by atoms with Crippen LogP contribution in [0.15, 0.2) is 41.7 Å². The number of hydrogen-bond acceptors (Lipinski definition) is 3. The van der Waals surface area contributed by atoms with Crippen LogP contribution in [-0.4, -0.2) is 16.4 Å². The van der Waals surface area contributed by atoms with Crippen LogP contribution in [0.2, 0.25) is 0 Å². The SMILES string of the molecule is C=CCOc1c(CC)nn(CC(C)C)c(=O)c1-c1ccccc1C.CC.[CH3-].[Y]. The third-order valence-electron chi connectivity index (χ3n) is 3.81. The van der Waals surface area contributed by atoms with Crippen molar-refractivity contribution >= 4 is 0 Å². The van der Waals surface area contributed by atoms with Crippen LogP contribution in [0.5, 0.6) is 5.75 Å². The molecule has 153 valence electrons. The van der Waals surface area contributed by atoms with E-state index in [0.717, 1.165) is 16.8 Å². The van der Waals surface area contributed by atoms with E-state index in [1.165, 1.54) is 0 Å². The number of ether oxygens (including phenoxy) is 1. The van der Waals surface area contributed by atoms with Crippen molar-refractivity contribution in [2.24, 2.45) is 5.92 Å². The van der Waals surface area contributed by atoms with Gasteiger partial charge in [0.25, 0.3) is 5.56 Å². The Labute approximate surface area is 196 Å². The normalized spacial score (nSPS) is 9.54. The molecule has 5 heteroatoms. The van der Waals surface area contributed by atoms with Crippen LogP contribution < -0.4 is 10.3 Å². The maximum absolute atomic E-state index is 13.1. The van der Waals surface area contributed by atoms with Gasteiger partial charge in [-0.1, -0.05) is 71.5 Å². The number of hydrogen-bond donors (Lipinski definition) is 0. The Bertz CT molecular complexity index is 783. The molecule has 0 saturated heterocycles. The summed E-state index contributed by atoms with van der Waals surface area (Å²) in [5.41, 5.74) is 3.24. The summed E-state index contributed by atoms with van der Waals surface area (Å²) in [4.78, 5) is 13.1. The summed E-state index contributed by atoms with van der Waals surface area (Å²) < 4.78 is 7.44. The molecule has 0 atom stereocenters. The quantitative estimate of drug-likeness (QED) is 0.406. The van der Waals surface area contributed by atoms with Gasteiger partial charge in [-0.2, -0.15) is 5.10 Å². The van der Waals surface area contributed by atoms with Crippen molar-refractivity contribution in [1.82, 2.24) is 9.78 Å². The van der Waals surface area contributed by atoms with E-state index in [9.17, 15) is 4.79 Å². The van der Waals surface area contributed by atoms with Crippen molar-refractivity contribution in [1.29, 1.82) is 0 Å². The molecule has 0 N–H and O–H groups in total. The zero-order valence-corrected chi connectivity index (χ0v) is 21.4. The topological polar surface area (TPSA) is 44.1 Å². The van der Waals surface area contributed by atoms with Gasteiger partial charge in [0, 0.05) is 39.3 Å². The van der Waals surface area contributed by atoms with E-state index in [-0.39, 0.29) is 45.7 Å². The molecule has 0 aliphatic heterocycles. The zero-order valence-electron chi connectivity index (χ0n) is 18.6. The molecule has 0 saturated carbocycles. The summed E-state index contributed by atoms with van der Waals surface area (Å²) in [6.07, 6.45) is 2.38. The van der Waals surface area contributed by atoms with Crippen molar-refractivity contribution in [2.75, 3.05) is 6.61 Å². The van der Waals surface area contributed by atoms with Crippen LogP contribution in [0.4, 0.5) is 0 Å². The molecular formula is C23H35N2O2Y-. The number of aromatic nitrogens is 2. The van der Waals surface area contributed by atoms with Crippen molar-refractivity contribution in [3.05, 3.63) is 66.0 Å². The van der Waals surface area contributed by atoms with Crippen LogP contribution in [0.25, 0.3) is 11.1 Å². The van der Waals surface area contributed by atoms with E-state index in [1.54, 1.807) is 10.8 Å². The minimum absolute atomic E-state index is 0. The molecule has 1 heterocycles. The molecule has 1 radical (unpaired) electrons. The fraction of sp³-hybridized carbons (Fsp3) is 0.435. The van der Waals surface area contributed by atoms with Crippen molar-refractivity contribution < 1.29 is 37.4 Å². The van der Waals surface area contributed by atoms with Crippen molar-refractivity contribution in [3.8, 4) is 16.9 Å². The smallest absolute Gasteiger partial charge is 0.278 e. The number of nitrogens with zero attached hydrogens (tertiary/aromatic N) is 2. The second-order valence-corrected chi connectivity index (χ2v) is 6.30. The molecule has 0 fully saturated rings. The van der Waals surface area contributed by atoms with Gasteiger partial charge in [-0.15, -0.1) is 0 Å². The molecule has 0 bridgehead atoms. The van der Waals surface area contributed by atoms with E-state index >= 15 is 0 Å². The second-order valence-electron chi connectivity index (χ2n) is 6.30. The third kappa shape index (κ3) is 7.29. The largest absolute Gasteiger partial charge is 0.487 e. The summed E-state index contributed by atoms with van der Waals surface area (Å²) in [7, 11) is 0.